The summed E-state index contributed by atoms with van der Waals surface area (Å²) in [7, 11) is -3.03. The first-order valence-electron chi connectivity index (χ1n) is 19.3. The first kappa shape index (κ1) is 35.8. The van der Waals surface area contributed by atoms with Crippen LogP contribution in [0, 0.1) is 18.2 Å². The molecule has 0 aliphatic rings. The third-order valence-electron chi connectivity index (χ3n) is 11.4. The summed E-state index contributed by atoms with van der Waals surface area (Å²) in [6.07, 6.45) is 1.85. The molecule has 3 aromatic heterocycles. The molecule has 0 amide bonds. The molecule has 8 aromatic carbocycles. The van der Waals surface area contributed by atoms with Crippen molar-refractivity contribution in [2.75, 3.05) is 0 Å². The summed E-state index contributed by atoms with van der Waals surface area (Å²) in [4.78, 5) is 4.72. The molecule has 11 aromatic rings. The molecule has 0 bridgehead atoms. The molecular weight excluding hydrogens is 813 g/mol. The van der Waals surface area contributed by atoms with E-state index in [9.17, 15) is 0 Å². The fourth-order valence-electron chi connectivity index (χ4n) is 8.98. The number of nitrogens with zero attached hydrogens (tertiary/aromatic N) is 3. The van der Waals surface area contributed by atoms with Crippen molar-refractivity contribution < 1.29 is 20.4 Å². The minimum absolute atomic E-state index is 0. The van der Waals surface area contributed by atoms with Crippen molar-refractivity contribution in [3.05, 3.63) is 225 Å². The van der Waals surface area contributed by atoms with Gasteiger partial charge in [0.05, 0.1) is 0 Å². The number of aromatic nitrogens is 3. The van der Waals surface area contributed by atoms with Gasteiger partial charge in [-0.15, -0.1) is 46.5 Å². The number of hydrogen-bond donors (Lipinski definition) is 0. The summed E-state index contributed by atoms with van der Waals surface area (Å²) in [6, 6.07) is 83.5. The van der Waals surface area contributed by atoms with Crippen LogP contribution in [-0.2, 0) is 20.4 Å². The fraction of sp³-hybridized carbons (Fsp3) is 0. The van der Waals surface area contributed by atoms with Crippen LogP contribution < -0.4 is 20.7 Å². The first-order valence-corrected chi connectivity index (χ1v) is 21.3. The SMILES string of the molecule is [Pd].[c-]1c(-c2ccccn2)cccc1[Si](c1[c-]c(-n2c3[c-]cc4c5ccccc5n(-c5ccccc5)c4c3c3ccccc32)ccc1)(c1ccccc1)c1ccccc1. The Labute approximate surface area is 352 Å². The zero-order chi connectivity index (χ0) is 37.8. The summed E-state index contributed by atoms with van der Waals surface area (Å²) in [6.45, 7) is 0. The van der Waals surface area contributed by atoms with Crippen molar-refractivity contribution in [2.24, 2.45) is 0 Å². The van der Waals surface area contributed by atoms with Gasteiger partial charge in [-0.2, -0.15) is 35.5 Å². The van der Waals surface area contributed by atoms with Gasteiger partial charge in [0.2, 0.25) is 0 Å². The fourth-order valence-corrected chi connectivity index (χ4v) is 13.6. The van der Waals surface area contributed by atoms with Gasteiger partial charge in [0.1, 0.15) is 8.07 Å². The Morgan fingerprint density at radius 1 is 0.466 bits per heavy atom. The number of fused-ring (bicyclic) bond motifs is 7. The quantitative estimate of drug-likeness (QED) is 0.0891. The van der Waals surface area contributed by atoms with Crippen molar-refractivity contribution in [3.63, 3.8) is 0 Å². The summed E-state index contributed by atoms with van der Waals surface area (Å²) < 4.78 is 4.79. The van der Waals surface area contributed by atoms with E-state index in [4.69, 9.17) is 4.98 Å². The standard InChI is InChI=1S/C53H34N3Si.Pd/c1-4-19-39(20-5-1)56-49-31-12-10-28-45(49)46-33-34-51-52(53(46)56)47-29-11-13-32-50(47)55(51)40-21-17-27-44(37-40)57(41-22-6-2-7-23-41,42-24-8-3-9-25-42)43-26-16-18-38(36-43)48-30-14-15-35-54-48;/h1-33,35H;/q-3;. The molecule has 0 fully saturated rings. The topological polar surface area (TPSA) is 22.8 Å². The van der Waals surface area contributed by atoms with Gasteiger partial charge in [-0.1, -0.05) is 144 Å². The molecule has 0 radical (unpaired) electrons. The van der Waals surface area contributed by atoms with E-state index in [1.807, 2.05) is 18.3 Å². The van der Waals surface area contributed by atoms with Gasteiger partial charge in [-0.3, -0.25) is 0 Å². The molecule has 0 saturated carbocycles. The maximum Gasteiger partial charge on any atom is 0.137 e. The summed E-state index contributed by atoms with van der Waals surface area (Å²) in [5.41, 5.74) is 8.48. The molecule has 3 nitrogen and oxygen atoms in total. The van der Waals surface area contributed by atoms with Crippen LogP contribution in [0.5, 0.6) is 0 Å². The Kier molecular flexibility index (Phi) is 9.08. The average molecular weight is 847 g/mol. The van der Waals surface area contributed by atoms with Crippen LogP contribution in [0.2, 0.25) is 0 Å². The maximum absolute atomic E-state index is 4.72. The molecule has 58 heavy (non-hydrogen) atoms. The van der Waals surface area contributed by atoms with Crippen molar-refractivity contribution in [1.29, 1.82) is 0 Å². The molecule has 0 aliphatic carbocycles. The number of benzene rings is 8. The normalized spacial score (nSPS) is 11.7. The van der Waals surface area contributed by atoms with Gasteiger partial charge in [-0.25, -0.2) is 0 Å². The minimum Gasteiger partial charge on any atom is -0.358 e. The smallest absolute Gasteiger partial charge is 0.137 e. The van der Waals surface area contributed by atoms with Crippen LogP contribution in [0.15, 0.2) is 206 Å². The zero-order valence-electron chi connectivity index (χ0n) is 31.3. The second-order valence-electron chi connectivity index (χ2n) is 14.4. The van der Waals surface area contributed by atoms with E-state index in [2.05, 4.69) is 215 Å². The van der Waals surface area contributed by atoms with Crippen LogP contribution >= 0.6 is 0 Å². The van der Waals surface area contributed by atoms with Crippen LogP contribution in [0.3, 0.4) is 0 Å². The Morgan fingerprint density at radius 2 is 1.05 bits per heavy atom. The molecule has 0 spiro atoms. The van der Waals surface area contributed by atoms with E-state index < -0.39 is 8.07 Å². The summed E-state index contributed by atoms with van der Waals surface area (Å²) in [5.74, 6) is 0. The van der Waals surface area contributed by atoms with Gasteiger partial charge in [0.25, 0.3) is 0 Å². The Morgan fingerprint density at radius 3 is 1.74 bits per heavy atom. The third kappa shape index (κ3) is 5.55. The third-order valence-corrected chi connectivity index (χ3v) is 16.0. The second kappa shape index (κ2) is 14.7. The number of para-hydroxylation sites is 3. The van der Waals surface area contributed by atoms with Gasteiger partial charge in [-0.05, 0) is 62.7 Å². The van der Waals surface area contributed by atoms with E-state index >= 15 is 0 Å². The Hall–Kier alpha value is -6.61. The predicted octanol–water partition coefficient (Wildman–Crippen LogP) is 9.72. The van der Waals surface area contributed by atoms with E-state index in [0.29, 0.717) is 0 Å². The van der Waals surface area contributed by atoms with Gasteiger partial charge in [0, 0.05) is 43.3 Å². The molecule has 278 valence electrons. The van der Waals surface area contributed by atoms with Crippen molar-refractivity contribution in [2.45, 2.75) is 0 Å². The maximum atomic E-state index is 4.72. The molecule has 0 saturated heterocycles. The molecule has 0 atom stereocenters. The van der Waals surface area contributed by atoms with Crippen molar-refractivity contribution in [1.82, 2.24) is 14.1 Å². The summed E-state index contributed by atoms with van der Waals surface area (Å²) >= 11 is 0. The molecule has 5 heteroatoms. The molecule has 3 heterocycles. The molecule has 0 aliphatic heterocycles. The van der Waals surface area contributed by atoms with E-state index in [0.717, 1.165) is 44.0 Å². The van der Waals surface area contributed by atoms with Crippen molar-refractivity contribution in [3.8, 4) is 22.6 Å². The van der Waals surface area contributed by atoms with Gasteiger partial charge < -0.3 is 14.1 Å². The number of pyridine rings is 1. The van der Waals surface area contributed by atoms with Crippen LogP contribution in [0.25, 0.3) is 66.2 Å². The average Bonchev–Trinajstić information content (AvgIpc) is 3.81. The number of hydrogen-bond acceptors (Lipinski definition) is 1. The predicted molar refractivity (Wildman–Crippen MR) is 238 cm³/mol. The minimum atomic E-state index is -3.03. The molecular formula is C53H34N3PdSi-3. The van der Waals surface area contributed by atoms with E-state index in [1.165, 1.54) is 43.0 Å². The number of rotatable bonds is 7. The monoisotopic (exact) mass is 846 g/mol. The Balaban J connectivity index is 0.00000408. The van der Waals surface area contributed by atoms with E-state index in [1.54, 1.807) is 0 Å². The molecule has 0 N–H and O–H groups in total. The summed E-state index contributed by atoms with van der Waals surface area (Å²) in [5, 5.41) is 9.59. The van der Waals surface area contributed by atoms with Gasteiger partial charge in [0.15, 0.2) is 0 Å². The van der Waals surface area contributed by atoms with Crippen LogP contribution in [0.1, 0.15) is 0 Å². The van der Waals surface area contributed by atoms with E-state index in [-0.39, 0.29) is 20.4 Å². The second-order valence-corrected chi connectivity index (χ2v) is 18.2. The van der Waals surface area contributed by atoms with Crippen LogP contribution in [0.4, 0.5) is 0 Å². The zero-order valence-corrected chi connectivity index (χ0v) is 33.8. The van der Waals surface area contributed by atoms with Crippen molar-refractivity contribution >= 4 is 72.4 Å². The van der Waals surface area contributed by atoms with Gasteiger partial charge >= 0.3 is 0 Å². The molecule has 0 unspecified atom stereocenters. The molecule has 11 rings (SSSR count). The Bertz CT molecular complexity index is 3190. The first-order chi connectivity index (χ1) is 28.3. The largest absolute Gasteiger partial charge is 0.358 e. The van der Waals surface area contributed by atoms with Crippen LogP contribution in [-0.4, -0.2) is 22.2 Å².